The molecule has 1 heterocycles. The molecule has 0 bridgehead atoms. The van der Waals surface area contributed by atoms with Crippen LogP contribution in [0.2, 0.25) is 5.02 Å². The van der Waals surface area contributed by atoms with Gasteiger partial charge in [0.1, 0.15) is 0 Å². The number of carbonyl (C=O) groups is 1. The van der Waals surface area contributed by atoms with E-state index in [1.54, 1.807) is 19.2 Å². The van der Waals surface area contributed by atoms with Crippen LogP contribution in [0.4, 0.5) is 0 Å². The SMILES string of the molecule is COCC1CCN(C(=O)c2ccccc2Cl)CC1. The standard InChI is InChI=1S/C14H18ClNO2/c1-18-10-11-6-8-16(9-7-11)14(17)12-4-2-3-5-13(12)15/h2-5,11H,6-10H2,1H3. The highest BCUT2D eigenvalue weighted by molar-refractivity contribution is 6.33. The average Bonchev–Trinajstić information content (AvgIpc) is 2.40. The minimum absolute atomic E-state index is 0.0384. The van der Waals surface area contributed by atoms with Crippen LogP contribution in [0.5, 0.6) is 0 Å². The van der Waals surface area contributed by atoms with Crippen LogP contribution in [0.25, 0.3) is 0 Å². The van der Waals surface area contributed by atoms with Gasteiger partial charge in [-0.25, -0.2) is 0 Å². The fourth-order valence-electron chi connectivity index (χ4n) is 2.34. The van der Waals surface area contributed by atoms with Crippen LogP contribution < -0.4 is 0 Å². The lowest BCUT2D eigenvalue weighted by molar-refractivity contribution is 0.0614. The normalized spacial score (nSPS) is 16.9. The topological polar surface area (TPSA) is 29.5 Å². The Morgan fingerprint density at radius 2 is 2.06 bits per heavy atom. The molecule has 0 unspecified atom stereocenters. The summed E-state index contributed by atoms with van der Waals surface area (Å²) in [5.41, 5.74) is 0.601. The number of likely N-dealkylation sites (tertiary alicyclic amines) is 1. The average molecular weight is 268 g/mol. The fraction of sp³-hybridized carbons (Fsp3) is 0.500. The number of rotatable bonds is 3. The first-order valence-corrected chi connectivity index (χ1v) is 6.63. The lowest BCUT2D eigenvalue weighted by Gasteiger charge is -2.31. The molecule has 1 amide bonds. The van der Waals surface area contributed by atoms with Gasteiger partial charge in [-0.2, -0.15) is 0 Å². The van der Waals surface area contributed by atoms with Gasteiger partial charge in [-0.1, -0.05) is 23.7 Å². The van der Waals surface area contributed by atoms with Crippen LogP contribution in [-0.4, -0.2) is 37.6 Å². The first-order valence-electron chi connectivity index (χ1n) is 6.25. The molecule has 3 nitrogen and oxygen atoms in total. The highest BCUT2D eigenvalue weighted by atomic mass is 35.5. The maximum Gasteiger partial charge on any atom is 0.255 e. The van der Waals surface area contributed by atoms with E-state index in [9.17, 15) is 4.79 Å². The van der Waals surface area contributed by atoms with Gasteiger partial charge in [0.05, 0.1) is 10.6 Å². The molecule has 1 fully saturated rings. The number of halogens is 1. The van der Waals surface area contributed by atoms with Crippen molar-refractivity contribution in [2.24, 2.45) is 5.92 Å². The summed E-state index contributed by atoms with van der Waals surface area (Å²) in [4.78, 5) is 14.2. The minimum Gasteiger partial charge on any atom is -0.384 e. The number of piperidine rings is 1. The second-order valence-corrected chi connectivity index (χ2v) is 5.08. The molecule has 0 aliphatic carbocycles. The Kier molecular flexibility index (Phi) is 4.61. The summed E-state index contributed by atoms with van der Waals surface area (Å²) in [6.45, 7) is 2.37. The maximum absolute atomic E-state index is 12.3. The summed E-state index contributed by atoms with van der Waals surface area (Å²) in [7, 11) is 1.72. The van der Waals surface area contributed by atoms with Crippen molar-refractivity contribution in [2.45, 2.75) is 12.8 Å². The summed E-state index contributed by atoms with van der Waals surface area (Å²) in [6.07, 6.45) is 2.01. The molecule has 1 aromatic rings. The van der Waals surface area contributed by atoms with E-state index in [2.05, 4.69) is 0 Å². The Hall–Kier alpha value is -1.06. The van der Waals surface area contributed by atoms with Gasteiger partial charge in [0.25, 0.3) is 5.91 Å². The first-order chi connectivity index (χ1) is 8.72. The third-order valence-electron chi connectivity index (χ3n) is 3.41. The minimum atomic E-state index is 0.0384. The van der Waals surface area contributed by atoms with E-state index in [-0.39, 0.29) is 5.91 Å². The number of benzene rings is 1. The molecule has 0 radical (unpaired) electrons. The van der Waals surface area contributed by atoms with E-state index in [4.69, 9.17) is 16.3 Å². The summed E-state index contributed by atoms with van der Waals surface area (Å²) >= 11 is 6.05. The fourth-order valence-corrected chi connectivity index (χ4v) is 2.56. The van der Waals surface area contributed by atoms with Crippen molar-refractivity contribution >= 4 is 17.5 Å². The van der Waals surface area contributed by atoms with Crippen molar-refractivity contribution in [3.63, 3.8) is 0 Å². The molecule has 4 heteroatoms. The number of carbonyl (C=O) groups excluding carboxylic acids is 1. The van der Waals surface area contributed by atoms with E-state index < -0.39 is 0 Å². The van der Waals surface area contributed by atoms with E-state index in [1.807, 2.05) is 17.0 Å². The highest BCUT2D eigenvalue weighted by Gasteiger charge is 2.24. The van der Waals surface area contributed by atoms with Gasteiger partial charge < -0.3 is 9.64 Å². The number of methoxy groups -OCH3 is 1. The summed E-state index contributed by atoms with van der Waals surface area (Å²) in [6, 6.07) is 7.22. The quantitative estimate of drug-likeness (QED) is 0.843. The van der Waals surface area contributed by atoms with Crippen LogP contribution in [0.3, 0.4) is 0 Å². The van der Waals surface area contributed by atoms with E-state index in [0.717, 1.165) is 32.5 Å². The lowest BCUT2D eigenvalue weighted by Crippen LogP contribution is -2.39. The maximum atomic E-state index is 12.3. The van der Waals surface area contributed by atoms with Gasteiger partial charge in [0, 0.05) is 26.8 Å². The zero-order valence-corrected chi connectivity index (χ0v) is 11.3. The Bertz CT molecular complexity index is 414. The van der Waals surface area contributed by atoms with Crippen LogP contribution in [0.15, 0.2) is 24.3 Å². The van der Waals surface area contributed by atoms with Crippen molar-refractivity contribution in [1.29, 1.82) is 0 Å². The third-order valence-corrected chi connectivity index (χ3v) is 3.74. The van der Waals surface area contributed by atoms with E-state index in [0.29, 0.717) is 16.5 Å². The van der Waals surface area contributed by atoms with E-state index >= 15 is 0 Å². The molecule has 1 aliphatic heterocycles. The molecular weight excluding hydrogens is 250 g/mol. The monoisotopic (exact) mass is 267 g/mol. The Balaban J connectivity index is 1.98. The molecule has 1 aliphatic rings. The zero-order chi connectivity index (χ0) is 13.0. The van der Waals surface area contributed by atoms with Crippen molar-refractivity contribution in [3.05, 3.63) is 34.9 Å². The summed E-state index contributed by atoms with van der Waals surface area (Å²) < 4.78 is 5.16. The molecule has 2 rings (SSSR count). The Morgan fingerprint density at radius 1 is 1.39 bits per heavy atom. The van der Waals surface area contributed by atoms with Crippen molar-refractivity contribution in [1.82, 2.24) is 4.90 Å². The summed E-state index contributed by atoms with van der Waals surface area (Å²) in [5.74, 6) is 0.613. The first kappa shape index (κ1) is 13.4. The molecule has 1 saturated heterocycles. The largest absolute Gasteiger partial charge is 0.384 e. The van der Waals surface area contributed by atoms with Crippen LogP contribution in [-0.2, 0) is 4.74 Å². The molecule has 98 valence electrons. The number of nitrogens with zero attached hydrogens (tertiary/aromatic N) is 1. The molecule has 0 aromatic heterocycles. The van der Waals surface area contributed by atoms with Gasteiger partial charge in [-0.05, 0) is 30.9 Å². The summed E-state index contributed by atoms with van der Waals surface area (Å²) in [5, 5.41) is 0.529. The smallest absolute Gasteiger partial charge is 0.255 e. The molecule has 0 N–H and O–H groups in total. The van der Waals surface area contributed by atoms with Gasteiger partial charge in [0.15, 0.2) is 0 Å². The van der Waals surface area contributed by atoms with Gasteiger partial charge in [-0.15, -0.1) is 0 Å². The lowest BCUT2D eigenvalue weighted by atomic mass is 9.97. The van der Waals surface area contributed by atoms with Crippen LogP contribution in [0, 0.1) is 5.92 Å². The van der Waals surface area contributed by atoms with E-state index in [1.165, 1.54) is 0 Å². The number of hydrogen-bond donors (Lipinski definition) is 0. The van der Waals surface area contributed by atoms with Gasteiger partial charge in [-0.3, -0.25) is 4.79 Å². The Labute approximate surface area is 113 Å². The van der Waals surface area contributed by atoms with Crippen LogP contribution in [0.1, 0.15) is 23.2 Å². The molecule has 18 heavy (non-hydrogen) atoms. The number of ether oxygens (including phenoxy) is 1. The Morgan fingerprint density at radius 3 is 2.67 bits per heavy atom. The van der Waals surface area contributed by atoms with Crippen molar-refractivity contribution in [3.8, 4) is 0 Å². The predicted molar refractivity (Wildman–Crippen MR) is 72.0 cm³/mol. The zero-order valence-electron chi connectivity index (χ0n) is 10.6. The molecule has 0 saturated carbocycles. The number of hydrogen-bond acceptors (Lipinski definition) is 2. The van der Waals surface area contributed by atoms with Gasteiger partial charge >= 0.3 is 0 Å². The molecule has 1 aromatic carbocycles. The molecule has 0 spiro atoms. The number of amides is 1. The van der Waals surface area contributed by atoms with Gasteiger partial charge in [0.2, 0.25) is 0 Å². The second-order valence-electron chi connectivity index (χ2n) is 4.67. The van der Waals surface area contributed by atoms with Crippen molar-refractivity contribution < 1.29 is 9.53 Å². The van der Waals surface area contributed by atoms with Crippen molar-refractivity contribution in [2.75, 3.05) is 26.8 Å². The predicted octanol–water partition coefficient (Wildman–Crippen LogP) is 2.84. The third kappa shape index (κ3) is 3.03. The molecule has 0 atom stereocenters. The molecular formula is C14H18ClNO2. The van der Waals surface area contributed by atoms with Crippen LogP contribution >= 0.6 is 11.6 Å². The second kappa shape index (κ2) is 6.21. The highest BCUT2D eigenvalue weighted by Crippen LogP contribution is 2.22.